The largest absolute Gasteiger partial charge is 0.473 e. The fourth-order valence-corrected chi connectivity index (χ4v) is 1.80. The van der Waals surface area contributed by atoms with Crippen LogP contribution in [0.4, 0.5) is 5.95 Å². The van der Waals surface area contributed by atoms with Crippen LogP contribution < -0.4 is 10.1 Å². The zero-order valence-corrected chi connectivity index (χ0v) is 12.1. The Labute approximate surface area is 114 Å². The lowest BCUT2D eigenvalue weighted by Gasteiger charge is -2.15. The number of anilines is 1. The first kappa shape index (κ1) is 15.0. The monoisotopic (exact) mass is 271 g/mol. The van der Waals surface area contributed by atoms with Crippen LogP contribution in [0, 0.1) is 0 Å². The van der Waals surface area contributed by atoms with Crippen molar-refractivity contribution in [2.24, 2.45) is 0 Å². The molecule has 102 valence electrons. The summed E-state index contributed by atoms with van der Waals surface area (Å²) in [6, 6.07) is 0. The fraction of sp³-hybridized carbons (Fsp3) is 0.692. The molecular weight excluding hydrogens is 250 g/mol. The normalized spacial score (nSPS) is 12.2. The predicted molar refractivity (Wildman–Crippen MR) is 75.4 cm³/mol. The SMILES string of the molecule is CCCCCCC(C)Oc1nc(NC)ncc1Cl. The molecule has 0 saturated heterocycles. The summed E-state index contributed by atoms with van der Waals surface area (Å²) >= 11 is 6.00. The maximum atomic E-state index is 6.00. The van der Waals surface area contributed by atoms with Crippen molar-refractivity contribution in [3.05, 3.63) is 11.2 Å². The molecule has 0 bridgehead atoms. The van der Waals surface area contributed by atoms with Crippen LogP contribution in [-0.2, 0) is 0 Å². The van der Waals surface area contributed by atoms with Crippen LogP contribution in [0.5, 0.6) is 5.88 Å². The minimum absolute atomic E-state index is 0.124. The van der Waals surface area contributed by atoms with Crippen LogP contribution >= 0.6 is 11.6 Å². The number of hydrogen-bond acceptors (Lipinski definition) is 4. The maximum absolute atomic E-state index is 6.00. The van der Waals surface area contributed by atoms with Gasteiger partial charge >= 0.3 is 0 Å². The molecule has 1 aromatic rings. The summed E-state index contributed by atoms with van der Waals surface area (Å²) < 4.78 is 5.74. The van der Waals surface area contributed by atoms with E-state index in [1.54, 1.807) is 13.2 Å². The second-order valence-electron chi connectivity index (χ2n) is 4.37. The number of halogens is 1. The topological polar surface area (TPSA) is 47.0 Å². The van der Waals surface area contributed by atoms with Gasteiger partial charge in [0.1, 0.15) is 5.02 Å². The molecule has 1 aromatic heterocycles. The molecule has 0 aliphatic heterocycles. The summed E-state index contributed by atoms with van der Waals surface area (Å²) in [5.74, 6) is 0.978. The highest BCUT2D eigenvalue weighted by Crippen LogP contribution is 2.23. The molecule has 0 aromatic carbocycles. The molecule has 1 unspecified atom stereocenters. The zero-order valence-electron chi connectivity index (χ0n) is 11.4. The molecule has 5 heteroatoms. The Morgan fingerprint density at radius 3 is 2.83 bits per heavy atom. The Morgan fingerprint density at radius 1 is 1.39 bits per heavy atom. The van der Waals surface area contributed by atoms with Crippen molar-refractivity contribution in [3.63, 3.8) is 0 Å². The summed E-state index contributed by atoms with van der Waals surface area (Å²) in [4.78, 5) is 8.22. The first-order valence-electron chi connectivity index (χ1n) is 6.54. The smallest absolute Gasteiger partial charge is 0.237 e. The second kappa shape index (κ2) is 8.14. The van der Waals surface area contributed by atoms with Crippen molar-refractivity contribution in [1.29, 1.82) is 0 Å². The second-order valence-corrected chi connectivity index (χ2v) is 4.78. The highest BCUT2D eigenvalue weighted by molar-refractivity contribution is 6.31. The third kappa shape index (κ3) is 5.08. The van der Waals surface area contributed by atoms with Gasteiger partial charge in [-0.05, 0) is 19.8 Å². The van der Waals surface area contributed by atoms with E-state index in [0.29, 0.717) is 16.9 Å². The van der Waals surface area contributed by atoms with Gasteiger partial charge in [-0.15, -0.1) is 0 Å². The van der Waals surface area contributed by atoms with Gasteiger partial charge < -0.3 is 10.1 Å². The van der Waals surface area contributed by atoms with Gasteiger partial charge in [-0.3, -0.25) is 0 Å². The minimum atomic E-state index is 0.124. The van der Waals surface area contributed by atoms with Crippen LogP contribution in [0.2, 0.25) is 5.02 Å². The van der Waals surface area contributed by atoms with Crippen molar-refractivity contribution >= 4 is 17.5 Å². The molecule has 0 saturated carbocycles. The van der Waals surface area contributed by atoms with Crippen molar-refractivity contribution < 1.29 is 4.74 Å². The van der Waals surface area contributed by atoms with E-state index < -0.39 is 0 Å². The lowest BCUT2D eigenvalue weighted by molar-refractivity contribution is 0.198. The van der Waals surface area contributed by atoms with Gasteiger partial charge in [0.2, 0.25) is 11.8 Å². The van der Waals surface area contributed by atoms with Gasteiger partial charge in [-0.2, -0.15) is 4.98 Å². The number of nitrogens with zero attached hydrogens (tertiary/aromatic N) is 2. The molecule has 1 N–H and O–H groups in total. The molecule has 18 heavy (non-hydrogen) atoms. The Balaban J connectivity index is 2.45. The first-order chi connectivity index (χ1) is 8.67. The molecule has 0 spiro atoms. The van der Waals surface area contributed by atoms with Gasteiger partial charge in [-0.25, -0.2) is 4.98 Å². The Kier molecular flexibility index (Phi) is 6.80. The molecule has 0 fully saturated rings. The number of aromatic nitrogens is 2. The fourth-order valence-electron chi connectivity index (χ4n) is 1.66. The third-order valence-electron chi connectivity index (χ3n) is 2.71. The van der Waals surface area contributed by atoms with Gasteiger partial charge in [0.05, 0.1) is 12.3 Å². The number of nitrogens with one attached hydrogen (secondary N) is 1. The van der Waals surface area contributed by atoms with Crippen molar-refractivity contribution in [2.75, 3.05) is 12.4 Å². The van der Waals surface area contributed by atoms with Crippen molar-refractivity contribution in [2.45, 2.75) is 52.1 Å². The van der Waals surface area contributed by atoms with Crippen LogP contribution in [0.1, 0.15) is 46.0 Å². The van der Waals surface area contributed by atoms with E-state index in [9.17, 15) is 0 Å². The Hall–Kier alpha value is -1.03. The number of hydrogen-bond donors (Lipinski definition) is 1. The van der Waals surface area contributed by atoms with Gasteiger partial charge in [-0.1, -0.05) is 37.8 Å². The van der Waals surface area contributed by atoms with E-state index in [2.05, 4.69) is 22.2 Å². The van der Waals surface area contributed by atoms with Crippen LogP contribution in [0.15, 0.2) is 6.20 Å². The van der Waals surface area contributed by atoms with Crippen molar-refractivity contribution in [3.8, 4) is 5.88 Å². The third-order valence-corrected chi connectivity index (χ3v) is 2.97. The van der Waals surface area contributed by atoms with E-state index in [4.69, 9.17) is 16.3 Å². The van der Waals surface area contributed by atoms with Gasteiger partial charge in [0, 0.05) is 7.05 Å². The highest BCUT2D eigenvalue weighted by Gasteiger charge is 2.10. The minimum Gasteiger partial charge on any atom is -0.473 e. The van der Waals surface area contributed by atoms with Crippen LogP contribution in [0.25, 0.3) is 0 Å². The van der Waals surface area contributed by atoms with E-state index in [0.717, 1.165) is 6.42 Å². The summed E-state index contributed by atoms with van der Waals surface area (Å²) in [5, 5.41) is 3.32. The number of unbranched alkanes of at least 4 members (excludes halogenated alkanes) is 3. The summed E-state index contributed by atoms with van der Waals surface area (Å²) in [7, 11) is 1.77. The van der Waals surface area contributed by atoms with E-state index in [1.165, 1.54) is 25.7 Å². The molecule has 1 rings (SSSR count). The molecule has 0 aliphatic rings. The standard InChI is InChI=1S/C13H22ClN3O/c1-4-5-6-7-8-10(2)18-12-11(14)9-16-13(15-3)17-12/h9-10H,4-8H2,1-3H3,(H,15,16,17). The number of rotatable bonds is 8. The molecule has 0 aliphatic carbocycles. The molecule has 1 heterocycles. The zero-order chi connectivity index (χ0) is 13.4. The summed E-state index contributed by atoms with van der Waals surface area (Å²) in [5.41, 5.74) is 0. The van der Waals surface area contributed by atoms with Gasteiger partial charge in [0.25, 0.3) is 0 Å². The summed E-state index contributed by atoms with van der Waals surface area (Å²) in [6.07, 6.45) is 7.66. The molecule has 4 nitrogen and oxygen atoms in total. The van der Waals surface area contributed by atoms with Crippen LogP contribution in [0.3, 0.4) is 0 Å². The lowest BCUT2D eigenvalue weighted by atomic mass is 10.1. The van der Waals surface area contributed by atoms with E-state index in [1.807, 2.05) is 6.92 Å². The molecule has 0 amide bonds. The molecule has 0 radical (unpaired) electrons. The van der Waals surface area contributed by atoms with Crippen LogP contribution in [-0.4, -0.2) is 23.1 Å². The molecular formula is C13H22ClN3O. The predicted octanol–water partition coefficient (Wildman–Crippen LogP) is 3.91. The van der Waals surface area contributed by atoms with E-state index in [-0.39, 0.29) is 6.10 Å². The average molecular weight is 272 g/mol. The average Bonchev–Trinajstić information content (AvgIpc) is 2.37. The van der Waals surface area contributed by atoms with Crippen molar-refractivity contribution in [1.82, 2.24) is 9.97 Å². The van der Waals surface area contributed by atoms with E-state index >= 15 is 0 Å². The first-order valence-corrected chi connectivity index (χ1v) is 6.92. The molecule has 1 atom stereocenters. The summed E-state index contributed by atoms with van der Waals surface area (Å²) in [6.45, 7) is 4.25. The lowest BCUT2D eigenvalue weighted by Crippen LogP contribution is -2.13. The Morgan fingerprint density at radius 2 is 2.17 bits per heavy atom. The Bertz CT molecular complexity index is 360. The number of ether oxygens (including phenoxy) is 1. The maximum Gasteiger partial charge on any atom is 0.237 e. The van der Waals surface area contributed by atoms with Gasteiger partial charge in [0.15, 0.2) is 0 Å². The highest BCUT2D eigenvalue weighted by atomic mass is 35.5. The quantitative estimate of drug-likeness (QED) is 0.728.